The summed E-state index contributed by atoms with van der Waals surface area (Å²) in [7, 11) is 4.46. The highest BCUT2D eigenvalue weighted by Gasteiger charge is 2.35. The largest absolute Gasteiger partial charge is 0.493 e. The third-order valence-electron chi connectivity index (χ3n) is 5.66. The smallest absolute Gasteiger partial charge is 0.204 e. The van der Waals surface area contributed by atoms with Crippen LogP contribution in [0.1, 0.15) is 34.0 Å². The Morgan fingerprint density at radius 3 is 2.48 bits per heavy atom. The molecule has 0 radical (unpaired) electrons. The van der Waals surface area contributed by atoms with Crippen LogP contribution in [-0.2, 0) is 11.3 Å². The lowest BCUT2D eigenvalue weighted by Gasteiger charge is -2.31. The van der Waals surface area contributed by atoms with Crippen LogP contribution in [0.5, 0.6) is 23.0 Å². The lowest BCUT2D eigenvalue weighted by atomic mass is 9.92. The molecule has 0 amide bonds. The van der Waals surface area contributed by atoms with Crippen molar-refractivity contribution in [3.05, 3.63) is 46.8 Å². The number of ether oxygens (including phenoxy) is 5. The van der Waals surface area contributed by atoms with E-state index in [9.17, 15) is 9.18 Å². The van der Waals surface area contributed by atoms with E-state index < -0.39 is 6.10 Å². The number of rotatable bonds is 6. The zero-order chi connectivity index (χ0) is 22.0. The zero-order valence-corrected chi connectivity index (χ0v) is 17.9. The van der Waals surface area contributed by atoms with Crippen LogP contribution < -0.4 is 18.9 Å². The third-order valence-corrected chi connectivity index (χ3v) is 5.66. The molecule has 2 aromatic carbocycles. The van der Waals surface area contributed by atoms with Gasteiger partial charge < -0.3 is 23.7 Å². The van der Waals surface area contributed by atoms with Crippen molar-refractivity contribution in [2.45, 2.75) is 19.1 Å². The molecule has 1 fully saturated rings. The topological polar surface area (TPSA) is 66.5 Å². The number of nitrogens with zero attached hydrogens (tertiary/aromatic N) is 1. The molecule has 1 saturated heterocycles. The molecule has 7 nitrogen and oxygen atoms in total. The van der Waals surface area contributed by atoms with Crippen molar-refractivity contribution >= 4 is 5.78 Å². The van der Waals surface area contributed by atoms with Crippen LogP contribution in [0.3, 0.4) is 0 Å². The van der Waals surface area contributed by atoms with Crippen LogP contribution in [0, 0.1) is 5.82 Å². The maximum absolute atomic E-state index is 14.1. The molecule has 1 atom stereocenters. The zero-order valence-electron chi connectivity index (χ0n) is 17.9. The van der Waals surface area contributed by atoms with Gasteiger partial charge in [0.05, 0.1) is 41.0 Å². The highest BCUT2D eigenvalue weighted by molar-refractivity contribution is 6.04. The number of benzene rings is 2. The Morgan fingerprint density at radius 2 is 1.81 bits per heavy atom. The van der Waals surface area contributed by atoms with Gasteiger partial charge in [-0.2, -0.15) is 0 Å². The quantitative estimate of drug-likeness (QED) is 0.695. The van der Waals surface area contributed by atoms with Crippen molar-refractivity contribution in [3.63, 3.8) is 0 Å². The molecule has 0 N–H and O–H groups in total. The first kappa shape index (κ1) is 21.4. The Labute approximate surface area is 180 Å². The Morgan fingerprint density at radius 1 is 1.06 bits per heavy atom. The SMILES string of the molecule is COc1cc2c(c(OC)c1OC)C(=O)CC(c1ccc(F)cc1CN1CCOCC1)O2. The molecular formula is C23H26FNO6. The van der Waals surface area contributed by atoms with Gasteiger partial charge in [-0.25, -0.2) is 4.39 Å². The Kier molecular flexibility index (Phi) is 6.29. The second kappa shape index (κ2) is 9.11. The van der Waals surface area contributed by atoms with Gasteiger partial charge in [-0.3, -0.25) is 9.69 Å². The molecule has 2 aliphatic heterocycles. The lowest BCUT2D eigenvalue weighted by molar-refractivity contribution is 0.0337. The van der Waals surface area contributed by atoms with Gasteiger partial charge in [0.15, 0.2) is 17.3 Å². The summed E-state index contributed by atoms with van der Waals surface area (Å²) in [6, 6.07) is 6.25. The summed E-state index contributed by atoms with van der Waals surface area (Å²) in [5, 5.41) is 0. The molecular weight excluding hydrogens is 405 g/mol. The first-order chi connectivity index (χ1) is 15.0. The van der Waals surface area contributed by atoms with Crippen LogP contribution in [-0.4, -0.2) is 58.3 Å². The van der Waals surface area contributed by atoms with Gasteiger partial charge in [-0.15, -0.1) is 0 Å². The summed E-state index contributed by atoms with van der Waals surface area (Å²) in [6.45, 7) is 3.41. The fourth-order valence-electron chi connectivity index (χ4n) is 4.16. The normalized spacial score (nSPS) is 18.8. The maximum Gasteiger partial charge on any atom is 0.204 e. The lowest BCUT2D eigenvalue weighted by Crippen LogP contribution is -2.36. The van der Waals surface area contributed by atoms with E-state index in [0.717, 1.165) is 24.2 Å². The highest BCUT2D eigenvalue weighted by Crippen LogP contribution is 2.49. The van der Waals surface area contributed by atoms with Crippen LogP contribution in [0.15, 0.2) is 24.3 Å². The third kappa shape index (κ3) is 4.18. The maximum atomic E-state index is 14.1. The average molecular weight is 431 g/mol. The number of methoxy groups -OCH3 is 3. The van der Waals surface area contributed by atoms with Crippen molar-refractivity contribution in [3.8, 4) is 23.0 Å². The van der Waals surface area contributed by atoms with Crippen molar-refractivity contribution < 1.29 is 32.9 Å². The number of morpholine rings is 1. The molecule has 0 saturated carbocycles. The molecule has 4 rings (SSSR count). The van der Waals surface area contributed by atoms with E-state index in [1.807, 2.05) is 0 Å². The van der Waals surface area contributed by atoms with E-state index in [-0.39, 0.29) is 23.8 Å². The second-order valence-corrected chi connectivity index (χ2v) is 7.48. The van der Waals surface area contributed by atoms with Gasteiger partial charge >= 0.3 is 0 Å². The summed E-state index contributed by atoms with van der Waals surface area (Å²) >= 11 is 0. The van der Waals surface area contributed by atoms with Gasteiger partial charge in [-0.05, 0) is 23.3 Å². The number of hydrogen-bond acceptors (Lipinski definition) is 7. The Hall–Kier alpha value is -2.84. The summed E-state index contributed by atoms with van der Waals surface area (Å²) < 4.78 is 41.9. The van der Waals surface area contributed by atoms with E-state index in [1.165, 1.54) is 33.5 Å². The predicted molar refractivity (Wildman–Crippen MR) is 111 cm³/mol. The van der Waals surface area contributed by atoms with E-state index in [0.29, 0.717) is 42.6 Å². The van der Waals surface area contributed by atoms with Gasteiger partial charge in [-0.1, -0.05) is 6.07 Å². The number of carbonyl (C=O) groups is 1. The van der Waals surface area contributed by atoms with Crippen molar-refractivity contribution in [2.75, 3.05) is 47.6 Å². The van der Waals surface area contributed by atoms with Gasteiger partial charge in [0, 0.05) is 25.7 Å². The summed E-state index contributed by atoms with van der Waals surface area (Å²) in [6.07, 6.45) is -0.430. The Bertz CT molecular complexity index is 973. The van der Waals surface area contributed by atoms with E-state index in [4.69, 9.17) is 23.7 Å². The molecule has 8 heteroatoms. The summed E-state index contributed by atoms with van der Waals surface area (Å²) in [4.78, 5) is 15.3. The minimum atomic E-state index is -0.542. The minimum absolute atomic E-state index is 0.112. The van der Waals surface area contributed by atoms with Crippen LogP contribution in [0.4, 0.5) is 4.39 Å². The van der Waals surface area contributed by atoms with Crippen LogP contribution in [0.2, 0.25) is 0 Å². The predicted octanol–water partition coefficient (Wildman–Crippen LogP) is 3.39. The number of halogens is 1. The van der Waals surface area contributed by atoms with Gasteiger partial charge in [0.1, 0.15) is 23.2 Å². The molecule has 2 heterocycles. The highest BCUT2D eigenvalue weighted by atomic mass is 19.1. The molecule has 2 aromatic rings. The molecule has 166 valence electrons. The van der Waals surface area contributed by atoms with Gasteiger partial charge in [0.2, 0.25) is 5.75 Å². The van der Waals surface area contributed by atoms with E-state index >= 15 is 0 Å². The standard InChI is InChI=1S/C23H26FNO6/c1-27-20-12-19-21(23(29-3)22(20)28-2)17(26)11-18(31-19)16-5-4-15(24)10-14(16)13-25-6-8-30-9-7-25/h4-5,10,12,18H,6-9,11,13H2,1-3H3. The van der Waals surface area contributed by atoms with Crippen LogP contribution >= 0.6 is 0 Å². The fraction of sp³-hybridized carbons (Fsp3) is 0.435. The summed E-state index contributed by atoms with van der Waals surface area (Å²) in [5.41, 5.74) is 1.92. The van der Waals surface area contributed by atoms with Gasteiger partial charge in [0.25, 0.3) is 0 Å². The minimum Gasteiger partial charge on any atom is -0.493 e. The first-order valence-electron chi connectivity index (χ1n) is 10.2. The summed E-state index contributed by atoms with van der Waals surface area (Å²) in [5.74, 6) is 0.937. The number of fused-ring (bicyclic) bond motifs is 1. The first-order valence-corrected chi connectivity index (χ1v) is 10.2. The Balaban J connectivity index is 1.70. The number of ketones is 1. The molecule has 0 bridgehead atoms. The van der Waals surface area contributed by atoms with Crippen molar-refractivity contribution in [1.82, 2.24) is 4.90 Å². The van der Waals surface area contributed by atoms with E-state index in [1.54, 1.807) is 12.1 Å². The number of Topliss-reactive ketones (excluding diaryl/α,β-unsaturated/α-hetero) is 1. The van der Waals surface area contributed by atoms with Crippen molar-refractivity contribution in [2.24, 2.45) is 0 Å². The number of hydrogen-bond donors (Lipinski definition) is 0. The van der Waals surface area contributed by atoms with E-state index in [2.05, 4.69) is 4.90 Å². The molecule has 2 aliphatic rings. The molecule has 1 unspecified atom stereocenters. The molecule has 0 aliphatic carbocycles. The molecule has 0 spiro atoms. The second-order valence-electron chi connectivity index (χ2n) is 7.48. The fourth-order valence-corrected chi connectivity index (χ4v) is 4.16. The molecule has 0 aromatic heterocycles. The number of carbonyl (C=O) groups excluding carboxylic acids is 1. The average Bonchev–Trinajstić information content (AvgIpc) is 2.78. The van der Waals surface area contributed by atoms with Crippen molar-refractivity contribution in [1.29, 1.82) is 0 Å². The van der Waals surface area contributed by atoms with Crippen LogP contribution in [0.25, 0.3) is 0 Å². The monoisotopic (exact) mass is 431 g/mol. The molecule has 31 heavy (non-hydrogen) atoms.